The Hall–Kier alpha value is -1.77. The molecule has 0 spiro atoms. The number of hydrogen-bond acceptors (Lipinski definition) is 2. The van der Waals surface area contributed by atoms with E-state index in [-0.39, 0.29) is 16.1 Å². The lowest BCUT2D eigenvalue weighted by molar-refractivity contribution is 0.0977. The van der Waals surface area contributed by atoms with Crippen LogP contribution in [0.1, 0.15) is 21.8 Å². The van der Waals surface area contributed by atoms with Crippen molar-refractivity contribution in [2.24, 2.45) is 0 Å². The van der Waals surface area contributed by atoms with Gasteiger partial charge in [0, 0.05) is 21.7 Å². The van der Waals surface area contributed by atoms with Gasteiger partial charge in [-0.25, -0.2) is 8.78 Å². The van der Waals surface area contributed by atoms with Gasteiger partial charge in [0.1, 0.15) is 17.6 Å². The molecule has 21 heavy (non-hydrogen) atoms. The number of carbonyl (C=O) groups excluding carboxylic acids is 1. The molecule has 1 unspecified atom stereocenters. The Bertz CT molecular complexity index is 758. The third-order valence-electron chi connectivity index (χ3n) is 2.86. The summed E-state index contributed by atoms with van der Waals surface area (Å²) in [5.41, 5.74) is -0.0713. The lowest BCUT2D eigenvalue weighted by atomic mass is 9.91. The number of Topliss-reactive ketones (excluding diaryl/α,β-unsaturated/α-hetero) is 1. The van der Waals surface area contributed by atoms with Crippen LogP contribution < -0.4 is 0 Å². The molecule has 0 aliphatic rings. The number of carbonyl (C=O) groups is 1. The highest BCUT2D eigenvalue weighted by Gasteiger charge is 2.26. The molecule has 0 saturated carbocycles. The standard InChI is InChI=1S/C15H7BrClF2NO/c16-8-1-3-11(13(17)5-8)15(21)12(7-20)10-4-2-9(18)6-14(10)19/h1-6,12H. The highest BCUT2D eigenvalue weighted by Crippen LogP contribution is 2.28. The first-order valence-corrected chi connectivity index (χ1v) is 6.95. The lowest BCUT2D eigenvalue weighted by Gasteiger charge is -2.11. The van der Waals surface area contributed by atoms with Gasteiger partial charge in [0.2, 0.25) is 0 Å². The molecule has 0 radical (unpaired) electrons. The van der Waals surface area contributed by atoms with Gasteiger partial charge in [0.25, 0.3) is 0 Å². The van der Waals surface area contributed by atoms with Crippen molar-refractivity contribution in [2.75, 3.05) is 0 Å². The van der Waals surface area contributed by atoms with Crippen molar-refractivity contribution < 1.29 is 13.6 Å². The first-order valence-electron chi connectivity index (χ1n) is 5.78. The summed E-state index contributed by atoms with van der Waals surface area (Å²) in [5, 5.41) is 9.32. The fourth-order valence-corrected chi connectivity index (χ4v) is 2.62. The van der Waals surface area contributed by atoms with E-state index in [9.17, 15) is 13.6 Å². The van der Waals surface area contributed by atoms with Crippen LogP contribution in [-0.2, 0) is 0 Å². The number of nitriles is 1. The summed E-state index contributed by atoms with van der Waals surface area (Å²) in [6, 6.07) is 9.00. The predicted octanol–water partition coefficient (Wildman–Crippen LogP) is 4.87. The Morgan fingerprint density at radius 1 is 1.24 bits per heavy atom. The second-order valence-electron chi connectivity index (χ2n) is 4.22. The number of benzene rings is 2. The van der Waals surface area contributed by atoms with Gasteiger partial charge in [0.15, 0.2) is 5.78 Å². The van der Waals surface area contributed by atoms with E-state index in [1.54, 1.807) is 12.1 Å². The molecule has 2 rings (SSSR count). The van der Waals surface area contributed by atoms with Crippen LogP contribution in [0.2, 0.25) is 5.02 Å². The van der Waals surface area contributed by atoms with Crippen molar-refractivity contribution >= 4 is 33.3 Å². The van der Waals surface area contributed by atoms with Crippen LogP contribution in [0.5, 0.6) is 0 Å². The third-order valence-corrected chi connectivity index (χ3v) is 3.67. The van der Waals surface area contributed by atoms with Crippen molar-refractivity contribution in [1.29, 1.82) is 5.26 Å². The van der Waals surface area contributed by atoms with Gasteiger partial charge in [0.05, 0.1) is 11.1 Å². The first-order chi connectivity index (χ1) is 9.93. The Balaban J connectivity index is 2.46. The summed E-state index contributed by atoms with van der Waals surface area (Å²) in [4.78, 5) is 12.4. The van der Waals surface area contributed by atoms with E-state index in [0.29, 0.717) is 10.5 Å². The Kier molecular flexibility index (Phi) is 4.71. The molecular weight excluding hydrogens is 364 g/mol. The van der Waals surface area contributed by atoms with Crippen LogP contribution in [0.4, 0.5) is 8.78 Å². The van der Waals surface area contributed by atoms with Gasteiger partial charge in [-0.3, -0.25) is 4.79 Å². The summed E-state index contributed by atoms with van der Waals surface area (Å²) < 4.78 is 27.3. The first kappa shape index (κ1) is 15.6. The molecule has 106 valence electrons. The fourth-order valence-electron chi connectivity index (χ4n) is 1.85. The molecule has 1 atom stereocenters. The van der Waals surface area contributed by atoms with Gasteiger partial charge in [-0.05, 0) is 24.3 Å². The SMILES string of the molecule is N#CC(C(=O)c1ccc(Br)cc1Cl)c1ccc(F)cc1F. The van der Waals surface area contributed by atoms with Crippen molar-refractivity contribution in [3.63, 3.8) is 0 Å². The molecule has 0 bridgehead atoms. The molecule has 0 aromatic heterocycles. The minimum atomic E-state index is -1.38. The van der Waals surface area contributed by atoms with Crippen molar-refractivity contribution in [1.82, 2.24) is 0 Å². The minimum Gasteiger partial charge on any atom is -0.292 e. The fraction of sp³-hybridized carbons (Fsp3) is 0.0667. The molecule has 6 heteroatoms. The highest BCUT2D eigenvalue weighted by atomic mass is 79.9. The zero-order valence-electron chi connectivity index (χ0n) is 10.4. The Labute approximate surface area is 133 Å². The quantitative estimate of drug-likeness (QED) is 0.723. The monoisotopic (exact) mass is 369 g/mol. The van der Waals surface area contributed by atoms with Crippen LogP contribution in [0, 0.1) is 23.0 Å². The van der Waals surface area contributed by atoms with Crippen LogP contribution in [0.3, 0.4) is 0 Å². The van der Waals surface area contributed by atoms with Crippen molar-refractivity contribution in [2.45, 2.75) is 5.92 Å². The molecule has 2 aromatic carbocycles. The van der Waals surface area contributed by atoms with E-state index in [1.807, 2.05) is 0 Å². The Morgan fingerprint density at radius 3 is 2.52 bits per heavy atom. The summed E-state index contributed by atoms with van der Waals surface area (Å²) in [6.45, 7) is 0. The molecule has 0 aliphatic heterocycles. The maximum absolute atomic E-state index is 13.7. The zero-order chi connectivity index (χ0) is 15.6. The number of rotatable bonds is 3. The average molecular weight is 371 g/mol. The molecule has 0 aliphatic carbocycles. The van der Waals surface area contributed by atoms with E-state index in [1.165, 1.54) is 12.1 Å². The maximum Gasteiger partial charge on any atom is 0.186 e. The molecular formula is C15H7BrClF2NO. The number of hydrogen-bond donors (Lipinski definition) is 0. The second kappa shape index (κ2) is 6.33. The molecule has 2 aromatic rings. The summed E-state index contributed by atoms with van der Waals surface area (Å²) >= 11 is 9.17. The molecule has 0 amide bonds. The largest absolute Gasteiger partial charge is 0.292 e. The summed E-state index contributed by atoms with van der Waals surface area (Å²) in [7, 11) is 0. The lowest BCUT2D eigenvalue weighted by Crippen LogP contribution is -2.13. The van der Waals surface area contributed by atoms with E-state index < -0.39 is 23.3 Å². The number of halogens is 4. The van der Waals surface area contributed by atoms with E-state index in [4.69, 9.17) is 16.9 Å². The van der Waals surface area contributed by atoms with E-state index >= 15 is 0 Å². The summed E-state index contributed by atoms with van der Waals surface area (Å²) in [6.07, 6.45) is 0. The topological polar surface area (TPSA) is 40.9 Å². The minimum absolute atomic E-state index is 0.107. The zero-order valence-corrected chi connectivity index (χ0v) is 12.8. The van der Waals surface area contributed by atoms with Crippen LogP contribution in [0.25, 0.3) is 0 Å². The smallest absolute Gasteiger partial charge is 0.186 e. The molecule has 0 heterocycles. The normalized spacial score (nSPS) is 11.8. The number of nitrogens with zero attached hydrogens (tertiary/aromatic N) is 1. The van der Waals surface area contributed by atoms with Crippen LogP contribution >= 0.6 is 27.5 Å². The van der Waals surface area contributed by atoms with Gasteiger partial charge >= 0.3 is 0 Å². The summed E-state index contributed by atoms with van der Waals surface area (Å²) in [5.74, 6) is -3.74. The van der Waals surface area contributed by atoms with E-state index in [2.05, 4.69) is 15.9 Å². The molecule has 0 N–H and O–H groups in total. The highest BCUT2D eigenvalue weighted by molar-refractivity contribution is 9.10. The Morgan fingerprint density at radius 2 is 1.95 bits per heavy atom. The molecule has 0 fully saturated rings. The number of ketones is 1. The predicted molar refractivity (Wildman–Crippen MR) is 78.2 cm³/mol. The molecule has 0 saturated heterocycles. The maximum atomic E-state index is 13.7. The van der Waals surface area contributed by atoms with Gasteiger partial charge in [-0.15, -0.1) is 0 Å². The second-order valence-corrected chi connectivity index (χ2v) is 5.54. The van der Waals surface area contributed by atoms with Gasteiger partial charge in [-0.1, -0.05) is 33.6 Å². The van der Waals surface area contributed by atoms with Crippen LogP contribution in [0.15, 0.2) is 40.9 Å². The van der Waals surface area contributed by atoms with Crippen molar-refractivity contribution in [3.05, 3.63) is 68.7 Å². The van der Waals surface area contributed by atoms with Gasteiger partial charge in [-0.2, -0.15) is 5.26 Å². The van der Waals surface area contributed by atoms with E-state index in [0.717, 1.165) is 12.1 Å². The molecule has 2 nitrogen and oxygen atoms in total. The van der Waals surface area contributed by atoms with Gasteiger partial charge < -0.3 is 0 Å². The van der Waals surface area contributed by atoms with Crippen LogP contribution in [-0.4, -0.2) is 5.78 Å². The van der Waals surface area contributed by atoms with Crippen molar-refractivity contribution in [3.8, 4) is 6.07 Å². The third kappa shape index (κ3) is 3.29. The average Bonchev–Trinajstić information content (AvgIpc) is 2.41.